The zero-order chi connectivity index (χ0) is 19.9. The summed E-state index contributed by atoms with van der Waals surface area (Å²) in [5.41, 5.74) is 2.27. The highest BCUT2D eigenvalue weighted by Gasteiger charge is 2.19. The molecule has 4 nitrogen and oxygen atoms in total. The molecule has 4 rings (SSSR count). The average Bonchev–Trinajstić information content (AvgIpc) is 3.29. The Hall–Kier alpha value is -3.79. The second-order valence-corrected chi connectivity index (χ2v) is 6.61. The molecule has 0 radical (unpaired) electrons. The summed E-state index contributed by atoms with van der Waals surface area (Å²) in [7, 11) is 0. The van der Waals surface area contributed by atoms with Gasteiger partial charge in [0.15, 0.2) is 0 Å². The molecule has 1 aromatic heterocycles. The van der Waals surface area contributed by atoms with Gasteiger partial charge in [-0.3, -0.25) is 9.69 Å². The van der Waals surface area contributed by atoms with Gasteiger partial charge in [0.25, 0.3) is 5.91 Å². The van der Waals surface area contributed by atoms with Gasteiger partial charge in [0.2, 0.25) is 0 Å². The Labute approximate surface area is 170 Å². The molecule has 0 aliphatic rings. The Morgan fingerprint density at radius 3 is 1.83 bits per heavy atom. The number of anilines is 2. The van der Waals surface area contributed by atoms with Crippen molar-refractivity contribution in [1.29, 1.82) is 0 Å². The Balaban J connectivity index is 1.50. The Kier molecular flexibility index (Phi) is 5.72. The van der Waals surface area contributed by atoms with Crippen LogP contribution in [0.2, 0.25) is 0 Å². The maximum absolute atomic E-state index is 13.3. The van der Waals surface area contributed by atoms with Crippen LogP contribution in [0, 0.1) is 0 Å². The van der Waals surface area contributed by atoms with E-state index in [-0.39, 0.29) is 5.91 Å². The number of benzene rings is 3. The molecule has 0 saturated carbocycles. The van der Waals surface area contributed by atoms with Crippen molar-refractivity contribution in [3.63, 3.8) is 0 Å². The second kappa shape index (κ2) is 8.93. The highest BCUT2D eigenvalue weighted by molar-refractivity contribution is 6.10. The molecular weight excluding hydrogens is 360 g/mol. The van der Waals surface area contributed by atoms with Crippen molar-refractivity contribution < 1.29 is 9.53 Å². The average molecular weight is 382 g/mol. The van der Waals surface area contributed by atoms with E-state index in [1.807, 2.05) is 109 Å². The van der Waals surface area contributed by atoms with Crippen LogP contribution in [0.4, 0.5) is 11.4 Å². The molecule has 0 unspecified atom stereocenters. The molecule has 0 fully saturated rings. The number of carbonyl (C=O) groups is 1. The molecule has 1 heterocycles. The lowest BCUT2D eigenvalue weighted by molar-refractivity contribution is 0.0999. The summed E-state index contributed by atoms with van der Waals surface area (Å²) < 4.78 is 7.86. The first kappa shape index (κ1) is 18.6. The van der Waals surface area contributed by atoms with Gasteiger partial charge in [0, 0.05) is 29.3 Å². The van der Waals surface area contributed by atoms with Crippen molar-refractivity contribution in [2.75, 3.05) is 11.5 Å². The molecule has 29 heavy (non-hydrogen) atoms. The molecular formula is C25H22N2O2. The molecule has 1 amide bonds. The quantitative estimate of drug-likeness (QED) is 0.420. The summed E-state index contributed by atoms with van der Waals surface area (Å²) in [5, 5.41) is 0. The lowest BCUT2D eigenvalue weighted by Gasteiger charge is -2.23. The number of amides is 1. The largest absolute Gasteiger partial charge is 0.492 e. The number of hydrogen-bond acceptors (Lipinski definition) is 2. The number of rotatable bonds is 7. The highest BCUT2D eigenvalue weighted by Crippen LogP contribution is 2.27. The number of carbonyl (C=O) groups excluding carboxylic acids is 1. The number of hydrogen-bond donors (Lipinski definition) is 0. The number of para-hydroxylation sites is 2. The van der Waals surface area contributed by atoms with E-state index < -0.39 is 0 Å². The van der Waals surface area contributed by atoms with E-state index in [0.29, 0.717) is 12.2 Å². The van der Waals surface area contributed by atoms with E-state index >= 15 is 0 Å². The third-order valence-corrected chi connectivity index (χ3v) is 4.62. The van der Waals surface area contributed by atoms with E-state index in [9.17, 15) is 4.79 Å². The molecule has 144 valence electrons. The molecule has 0 aliphatic heterocycles. The Bertz CT molecular complexity index is 988. The van der Waals surface area contributed by atoms with Crippen molar-refractivity contribution in [3.05, 3.63) is 115 Å². The molecule has 0 saturated heterocycles. The monoisotopic (exact) mass is 382 g/mol. The first-order valence-corrected chi connectivity index (χ1v) is 9.59. The summed E-state index contributed by atoms with van der Waals surface area (Å²) in [5.74, 6) is 0.668. The minimum Gasteiger partial charge on any atom is -0.492 e. The maximum atomic E-state index is 13.3. The fraction of sp³-hybridized carbons (Fsp3) is 0.0800. The minimum atomic E-state index is -0.0821. The van der Waals surface area contributed by atoms with Gasteiger partial charge in [0.05, 0.1) is 6.54 Å². The van der Waals surface area contributed by atoms with Gasteiger partial charge in [-0.2, -0.15) is 0 Å². The number of nitrogens with zero attached hydrogens (tertiary/aromatic N) is 2. The van der Waals surface area contributed by atoms with Crippen LogP contribution >= 0.6 is 0 Å². The van der Waals surface area contributed by atoms with Crippen LogP contribution in [0.1, 0.15) is 10.4 Å². The minimum absolute atomic E-state index is 0.0821. The highest BCUT2D eigenvalue weighted by atomic mass is 16.5. The molecule has 0 N–H and O–H groups in total. The number of aromatic nitrogens is 1. The van der Waals surface area contributed by atoms with E-state index in [1.165, 1.54) is 0 Å². The Morgan fingerprint density at radius 1 is 0.724 bits per heavy atom. The molecule has 0 spiro atoms. The van der Waals surface area contributed by atoms with E-state index in [4.69, 9.17) is 4.74 Å². The summed E-state index contributed by atoms with van der Waals surface area (Å²) in [6.45, 7) is 1.35. The van der Waals surface area contributed by atoms with Gasteiger partial charge in [0.1, 0.15) is 12.4 Å². The van der Waals surface area contributed by atoms with Crippen LogP contribution in [-0.2, 0) is 6.54 Å². The lowest BCUT2D eigenvalue weighted by Crippen LogP contribution is -2.25. The summed E-state index contributed by atoms with van der Waals surface area (Å²) >= 11 is 0. The van der Waals surface area contributed by atoms with Crippen molar-refractivity contribution >= 4 is 17.3 Å². The topological polar surface area (TPSA) is 34.5 Å². The number of ether oxygens (including phenoxy) is 1. The Morgan fingerprint density at radius 2 is 1.28 bits per heavy atom. The summed E-state index contributed by atoms with van der Waals surface area (Å²) in [6.07, 6.45) is 4.01. The van der Waals surface area contributed by atoms with Gasteiger partial charge < -0.3 is 9.30 Å². The van der Waals surface area contributed by atoms with Crippen LogP contribution in [-0.4, -0.2) is 17.1 Å². The predicted octanol–water partition coefficient (Wildman–Crippen LogP) is 5.55. The van der Waals surface area contributed by atoms with Gasteiger partial charge in [-0.1, -0.05) is 36.4 Å². The first-order chi connectivity index (χ1) is 14.3. The van der Waals surface area contributed by atoms with Crippen molar-refractivity contribution in [3.8, 4) is 5.75 Å². The van der Waals surface area contributed by atoms with Crippen LogP contribution in [0.5, 0.6) is 5.75 Å². The van der Waals surface area contributed by atoms with Crippen LogP contribution in [0.3, 0.4) is 0 Å². The van der Waals surface area contributed by atoms with Crippen LogP contribution < -0.4 is 9.64 Å². The maximum Gasteiger partial charge on any atom is 0.262 e. The van der Waals surface area contributed by atoms with Gasteiger partial charge in [-0.25, -0.2) is 0 Å². The zero-order valence-electron chi connectivity index (χ0n) is 16.0. The summed E-state index contributed by atoms with van der Waals surface area (Å²) in [6, 6.07) is 30.6. The van der Waals surface area contributed by atoms with Crippen molar-refractivity contribution in [1.82, 2.24) is 4.57 Å². The fourth-order valence-corrected chi connectivity index (χ4v) is 3.15. The standard InChI is InChI=1S/C25H22N2O2/c28-25(27(22-9-3-1-4-10-22)23-11-5-2-6-12-23)21-13-15-24(16-14-21)29-20-19-26-17-7-8-18-26/h1-18H,19-20H2. The third-order valence-electron chi connectivity index (χ3n) is 4.62. The first-order valence-electron chi connectivity index (χ1n) is 9.59. The van der Waals surface area contributed by atoms with Crippen LogP contribution in [0.25, 0.3) is 0 Å². The fourth-order valence-electron chi connectivity index (χ4n) is 3.15. The zero-order valence-corrected chi connectivity index (χ0v) is 16.0. The SMILES string of the molecule is O=C(c1ccc(OCCn2cccc2)cc1)N(c1ccccc1)c1ccccc1. The summed E-state index contributed by atoms with van der Waals surface area (Å²) in [4.78, 5) is 15.0. The van der Waals surface area contributed by atoms with Gasteiger partial charge in [-0.05, 0) is 60.7 Å². The van der Waals surface area contributed by atoms with E-state index in [2.05, 4.69) is 4.57 Å². The molecule has 0 atom stereocenters. The van der Waals surface area contributed by atoms with Crippen molar-refractivity contribution in [2.24, 2.45) is 0 Å². The van der Waals surface area contributed by atoms with E-state index in [0.717, 1.165) is 23.7 Å². The van der Waals surface area contributed by atoms with Crippen molar-refractivity contribution in [2.45, 2.75) is 6.54 Å². The van der Waals surface area contributed by atoms with Crippen LogP contribution in [0.15, 0.2) is 109 Å². The van der Waals surface area contributed by atoms with E-state index in [1.54, 1.807) is 4.90 Å². The van der Waals surface area contributed by atoms with Gasteiger partial charge >= 0.3 is 0 Å². The molecule has 4 heteroatoms. The smallest absolute Gasteiger partial charge is 0.262 e. The third kappa shape index (κ3) is 4.55. The molecule has 0 aliphatic carbocycles. The second-order valence-electron chi connectivity index (χ2n) is 6.61. The molecule has 0 bridgehead atoms. The molecule has 3 aromatic carbocycles. The predicted molar refractivity (Wildman–Crippen MR) is 116 cm³/mol. The van der Waals surface area contributed by atoms with Gasteiger partial charge in [-0.15, -0.1) is 0 Å². The molecule has 4 aromatic rings. The normalized spacial score (nSPS) is 10.5. The lowest BCUT2D eigenvalue weighted by atomic mass is 10.1.